The molecule has 0 heterocycles. The summed E-state index contributed by atoms with van der Waals surface area (Å²) in [7, 11) is 0. The van der Waals surface area contributed by atoms with Gasteiger partial charge in [-0.15, -0.1) is 0 Å². The number of carboxylic acid groups (broad SMARTS) is 1. The van der Waals surface area contributed by atoms with E-state index < -0.39 is 5.97 Å². The van der Waals surface area contributed by atoms with E-state index in [1.54, 1.807) is 12.1 Å². The molecule has 0 aliphatic heterocycles. The molecule has 0 radical (unpaired) electrons. The number of fused-ring (bicyclic) bond motifs is 1. The average molecular weight is 362 g/mol. The number of hydrogen-bond acceptors (Lipinski definition) is 1. The maximum atomic E-state index is 11.5. The summed E-state index contributed by atoms with van der Waals surface area (Å²) in [6.07, 6.45) is 0. The first-order valence-corrected chi connectivity index (χ1v) is 7.45. The third-order valence-corrected chi connectivity index (χ3v) is 4.20. The zero-order valence-electron chi connectivity index (χ0n) is 10.8. The number of rotatable bonds is 2. The van der Waals surface area contributed by atoms with Crippen molar-refractivity contribution in [2.75, 3.05) is 0 Å². The van der Waals surface area contributed by atoms with Crippen LogP contribution in [0.5, 0.6) is 0 Å². The maximum Gasteiger partial charge on any atom is 0.336 e. The minimum atomic E-state index is -0.953. The Morgan fingerprint density at radius 2 is 1.62 bits per heavy atom. The zero-order chi connectivity index (χ0) is 15.0. The summed E-state index contributed by atoms with van der Waals surface area (Å²) in [6.45, 7) is 0. The highest BCUT2D eigenvalue weighted by molar-refractivity contribution is 9.10. The van der Waals surface area contributed by atoms with Crippen LogP contribution in [-0.4, -0.2) is 11.1 Å². The highest BCUT2D eigenvalue weighted by atomic mass is 79.9. The minimum Gasteiger partial charge on any atom is -0.478 e. The van der Waals surface area contributed by atoms with Gasteiger partial charge in [-0.1, -0.05) is 63.9 Å². The molecule has 0 spiro atoms. The van der Waals surface area contributed by atoms with Crippen LogP contribution in [0, 0.1) is 0 Å². The van der Waals surface area contributed by atoms with Crippen LogP contribution < -0.4 is 0 Å². The minimum absolute atomic E-state index is 0.261. The van der Waals surface area contributed by atoms with Crippen LogP contribution in [0.1, 0.15) is 10.4 Å². The van der Waals surface area contributed by atoms with E-state index in [4.69, 9.17) is 11.6 Å². The van der Waals surface area contributed by atoms with Gasteiger partial charge in [0.2, 0.25) is 0 Å². The number of hydrogen-bond donors (Lipinski definition) is 1. The van der Waals surface area contributed by atoms with Gasteiger partial charge in [-0.05, 0) is 34.7 Å². The molecule has 0 saturated carbocycles. The maximum absolute atomic E-state index is 11.5. The first-order valence-electron chi connectivity index (χ1n) is 6.28. The third kappa shape index (κ3) is 2.55. The Morgan fingerprint density at radius 1 is 0.952 bits per heavy atom. The van der Waals surface area contributed by atoms with E-state index in [-0.39, 0.29) is 5.56 Å². The van der Waals surface area contributed by atoms with Gasteiger partial charge in [-0.25, -0.2) is 4.79 Å². The second kappa shape index (κ2) is 5.51. The number of benzene rings is 3. The van der Waals surface area contributed by atoms with E-state index >= 15 is 0 Å². The lowest BCUT2D eigenvalue weighted by Gasteiger charge is -2.11. The van der Waals surface area contributed by atoms with Gasteiger partial charge in [0.25, 0.3) is 0 Å². The quantitative estimate of drug-likeness (QED) is 0.643. The summed E-state index contributed by atoms with van der Waals surface area (Å²) < 4.78 is 0.738. The van der Waals surface area contributed by atoms with E-state index in [2.05, 4.69) is 15.9 Å². The van der Waals surface area contributed by atoms with Crippen molar-refractivity contribution in [3.63, 3.8) is 0 Å². The smallest absolute Gasteiger partial charge is 0.336 e. The number of aromatic carboxylic acids is 1. The number of halogens is 2. The third-order valence-electron chi connectivity index (χ3n) is 3.37. The van der Waals surface area contributed by atoms with Crippen LogP contribution in [0.15, 0.2) is 59.1 Å². The average Bonchev–Trinajstić information content (AvgIpc) is 2.48. The Labute approximate surface area is 135 Å². The van der Waals surface area contributed by atoms with Crippen molar-refractivity contribution in [3.8, 4) is 11.1 Å². The van der Waals surface area contributed by atoms with Gasteiger partial charge in [0.15, 0.2) is 0 Å². The summed E-state index contributed by atoms with van der Waals surface area (Å²) in [6, 6.07) is 16.6. The summed E-state index contributed by atoms with van der Waals surface area (Å²) in [4.78, 5) is 11.5. The van der Waals surface area contributed by atoms with Crippen molar-refractivity contribution in [1.82, 2.24) is 0 Å². The molecule has 3 rings (SSSR count). The standard InChI is InChI=1S/C17H10BrClO2/c18-10-5-6-13(15(9-10)17(20)21)12-7-8-16(19)14-4-2-1-3-11(12)14/h1-9H,(H,20,21). The van der Waals surface area contributed by atoms with E-state index in [1.165, 1.54) is 0 Å². The lowest BCUT2D eigenvalue weighted by Crippen LogP contribution is -2.00. The van der Waals surface area contributed by atoms with Crippen LogP contribution >= 0.6 is 27.5 Å². The van der Waals surface area contributed by atoms with Gasteiger partial charge < -0.3 is 5.11 Å². The Hall–Kier alpha value is -1.84. The molecule has 0 aromatic heterocycles. The molecular weight excluding hydrogens is 352 g/mol. The predicted molar refractivity (Wildman–Crippen MR) is 89.1 cm³/mol. The molecule has 3 aromatic rings. The topological polar surface area (TPSA) is 37.3 Å². The van der Waals surface area contributed by atoms with Gasteiger partial charge in [0, 0.05) is 14.9 Å². The summed E-state index contributed by atoms with van der Waals surface area (Å²) in [5, 5.41) is 11.9. The fourth-order valence-electron chi connectivity index (χ4n) is 2.43. The molecule has 0 aliphatic carbocycles. The normalized spacial score (nSPS) is 10.8. The highest BCUT2D eigenvalue weighted by Crippen LogP contribution is 2.35. The predicted octanol–water partition coefficient (Wildman–Crippen LogP) is 5.62. The molecule has 21 heavy (non-hydrogen) atoms. The molecule has 0 fully saturated rings. The van der Waals surface area contributed by atoms with E-state index in [0.717, 1.165) is 20.8 Å². The van der Waals surface area contributed by atoms with Crippen LogP contribution in [0.3, 0.4) is 0 Å². The molecule has 0 bridgehead atoms. The molecule has 0 unspecified atom stereocenters. The van der Waals surface area contributed by atoms with Gasteiger partial charge >= 0.3 is 5.97 Å². The molecular formula is C17H10BrClO2. The highest BCUT2D eigenvalue weighted by Gasteiger charge is 2.15. The zero-order valence-corrected chi connectivity index (χ0v) is 13.1. The van der Waals surface area contributed by atoms with Crippen molar-refractivity contribution < 1.29 is 9.90 Å². The molecule has 0 amide bonds. The Bertz CT molecular complexity index is 859. The van der Waals surface area contributed by atoms with E-state index in [9.17, 15) is 9.90 Å². The fraction of sp³-hybridized carbons (Fsp3) is 0. The molecule has 0 saturated heterocycles. The van der Waals surface area contributed by atoms with Gasteiger partial charge in [0.1, 0.15) is 0 Å². The molecule has 1 N–H and O–H groups in total. The SMILES string of the molecule is O=C(O)c1cc(Br)ccc1-c1ccc(Cl)c2ccccc12. The molecule has 3 aromatic carbocycles. The summed E-state index contributed by atoms with van der Waals surface area (Å²) in [5.41, 5.74) is 1.80. The van der Waals surface area contributed by atoms with Gasteiger partial charge in [-0.3, -0.25) is 0 Å². The van der Waals surface area contributed by atoms with Gasteiger partial charge in [-0.2, -0.15) is 0 Å². The number of carboxylic acids is 1. The molecule has 0 atom stereocenters. The second-order valence-corrected chi connectivity index (χ2v) is 5.96. The molecule has 0 aliphatic rings. The summed E-state index contributed by atoms with van der Waals surface area (Å²) in [5.74, 6) is -0.953. The first-order chi connectivity index (χ1) is 10.1. The van der Waals surface area contributed by atoms with Crippen molar-refractivity contribution in [2.24, 2.45) is 0 Å². The fourth-order valence-corrected chi connectivity index (χ4v) is 3.01. The van der Waals surface area contributed by atoms with Crippen LogP contribution in [-0.2, 0) is 0 Å². The second-order valence-electron chi connectivity index (χ2n) is 4.64. The monoisotopic (exact) mass is 360 g/mol. The van der Waals surface area contributed by atoms with Crippen LogP contribution in [0.2, 0.25) is 5.02 Å². The lowest BCUT2D eigenvalue weighted by atomic mass is 9.94. The number of carbonyl (C=O) groups is 1. The Kier molecular flexibility index (Phi) is 3.70. The molecule has 2 nitrogen and oxygen atoms in total. The van der Waals surface area contributed by atoms with Gasteiger partial charge in [0.05, 0.1) is 5.56 Å². The van der Waals surface area contributed by atoms with Crippen molar-refractivity contribution in [3.05, 3.63) is 69.7 Å². The van der Waals surface area contributed by atoms with Crippen molar-refractivity contribution in [2.45, 2.75) is 0 Å². The largest absolute Gasteiger partial charge is 0.478 e. The first kappa shape index (κ1) is 14.1. The van der Waals surface area contributed by atoms with Crippen molar-refractivity contribution in [1.29, 1.82) is 0 Å². The van der Waals surface area contributed by atoms with E-state index in [1.807, 2.05) is 42.5 Å². The van der Waals surface area contributed by atoms with Crippen LogP contribution in [0.25, 0.3) is 21.9 Å². The van der Waals surface area contributed by atoms with Crippen molar-refractivity contribution >= 4 is 44.3 Å². The summed E-state index contributed by atoms with van der Waals surface area (Å²) >= 11 is 9.53. The Morgan fingerprint density at radius 3 is 2.33 bits per heavy atom. The van der Waals surface area contributed by atoms with Crippen LogP contribution in [0.4, 0.5) is 0 Å². The Balaban J connectivity index is 2.36. The van der Waals surface area contributed by atoms with E-state index in [0.29, 0.717) is 10.6 Å². The molecule has 4 heteroatoms. The molecule has 104 valence electrons. The lowest BCUT2D eigenvalue weighted by molar-refractivity contribution is 0.0697.